The standard InChI is InChI=1S/C57H86N16O15S/c1-31(2)47-55(83)63-37(50(59)78)13-9-10-17-73-27-34(71-72-73)24-39(62-46(77)29-88-22-21-87-20-19-86-18-16-60-45(76)15-8-7-14-43-49-42(30-89-43)67-57(85)70-49)52(80)64-38(23-33-26-61-36-12-6-5-11-35(33)36)51(79)66-41(28-74)54(82)69-48(32(3)4)56(84)65-40(25-44(58)75)53(81)68-47/h5-6,11-12,26-27,31-32,37-43,47-49,61,74H,7-10,13-25,28-30H2,1-4H3,(H2,58,75)(H2,59,78)(H,60,76)(H,62,77)(H,63,83)(H,64,80)(H,65,84)(H,66,79)(H,68,81)(H,69,82)(H2,67,70,85)/t37-,38+,39-,40+,41+,42+,43+,47+,48+,49+/m0/s1. The Hall–Kier alpha value is -7.94. The van der Waals surface area contributed by atoms with Gasteiger partial charge >= 0.3 is 6.03 Å². The van der Waals surface area contributed by atoms with Crippen molar-refractivity contribution < 1.29 is 72.1 Å². The van der Waals surface area contributed by atoms with Crippen molar-refractivity contribution in [2.75, 3.05) is 58.5 Å². The molecular weight excluding hydrogens is 1180 g/mol. The number of carbonyl (C=O) groups excluding carboxylic acids is 11. The van der Waals surface area contributed by atoms with Crippen molar-refractivity contribution in [1.82, 2.24) is 73.1 Å². The largest absolute Gasteiger partial charge is 0.394 e. The lowest BCUT2D eigenvalue weighted by Gasteiger charge is -2.29. The topological polar surface area (TPSA) is 455 Å². The van der Waals surface area contributed by atoms with E-state index >= 15 is 0 Å². The molecule has 10 atom stereocenters. The van der Waals surface area contributed by atoms with Crippen LogP contribution in [0.15, 0.2) is 36.7 Å². The minimum atomic E-state index is -1.74. The second-order valence-electron chi connectivity index (χ2n) is 22.8. The van der Waals surface area contributed by atoms with Crippen LogP contribution in [-0.4, -0.2) is 208 Å². The number of aliphatic hydroxyl groups is 1. The van der Waals surface area contributed by atoms with Gasteiger partial charge in [-0.25, -0.2) is 4.79 Å². The first kappa shape index (κ1) is 70.2. The molecule has 0 spiro atoms. The van der Waals surface area contributed by atoms with Gasteiger partial charge in [-0.05, 0) is 55.6 Å². The molecule has 2 aromatic heterocycles. The van der Waals surface area contributed by atoms with Crippen molar-refractivity contribution in [1.29, 1.82) is 0 Å². The number of nitrogens with one attached hydrogen (secondary N) is 11. The Labute approximate surface area is 519 Å². The number of aryl methyl sites for hydroxylation is 1. The lowest BCUT2D eigenvalue weighted by atomic mass is 10.00. The number of primary amides is 2. The first-order chi connectivity index (χ1) is 42.6. The maximum atomic E-state index is 14.6. The van der Waals surface area contributed by atoms with Crippen molar-refractivity contribution in [2.24, 2.45) is 23.3 Å². The smallest absolute Gasteiger partial charge is 0.315 e. The van der Waals surface area contributed by atoms with Crippen LogP contribution in [0.2, 0.25) is 0 Å². The number of carbonyl (C=O) groups is 11. The number of thioether (sulfide) groups is 1. The van der Waals surface area contributed by atoms with E-state index in [4.69, 9.17) is 25.7 Å². The highest BCUT2D eigenvalue weighted by Crippen LogP contribution is 2.33. The van der Waals surface area contributed by atoms with Crippen molar-refractivity contribution in [3.05, 3.63) is 47.9 Å². The zero-order valence-electron chi connectivity index (χ0n) is 50.6. The summed E-state index contributed by atoms with van der Waals surface area (Å²) in [5, 5.41) is 46.7. The average Bonchev–Trinajstić information content (AvgIpc) is 3.05. The molecule has 0 saturated carbocycles. The van der Waals surface area contributed by atoms with Crippen LogP contribution in [0.5, 0.6) is 0 Å². The summed E-state index contributed by atoms with van der Waals surface area (Å²) in [6.45, 7) is 6.14. The van der Waals surface area contributed by atoms with E-state index in [2.05, 4.69) is 68.5 Å². The molecule has 16 N–H and O–H groups in total. The van der Waals surface area contributed by atoms with Gasteiger partial charge in [-0.3, -0.25) is 52.6 Å². The lowest BCUT2D eigenvalue weighted by molar-refractivity contribution is -0.137. The number of rotatable bonds is 25. The summed E-state index contributed by atoms with van der Waals surface area (Å²) in [7, 11) is 0. The molecule has 5 heterocycles. The van der Waals surface area contributed by atoms with E-state index in [1.54, 1.807) is 58.2 Å². The first-order valence-corrected chi connectivity index (χ1v) is 31.1. The Kier molecular flexibility index (Phi) is 27.8. The van der Waals surface area contributed by atoms with Crippen LogP contribution < -0.4 is 64.6 Å². The van der Waals surface area contributed by atoms with Crippen LogP contribution in [0.1, 0.15) is 90.3 Å². The predicted octanol–water partition coefficient (Wildman–Crippen LogP) is -3.32. The molecule has 2 saturated heterocycles. The predicted molar refractivity (Wildman–Crippen MR) is 322 cm³/mol. The highest BCUT2D eigenvalue weighted by atomic mass is 32.2. The number of aromatic amines is 1. The number of nitrogens with two attached hydrogens (primary N) is 2. The van der Waals surface area contributed by atoms with Gasteiger partial charge in [0.25, 0.3) is 0 Å². The van der Waals surface area contributed by atoms with Gasteiger partial charge in [-0.15, -0.1) is 5.10 Å². The Morgan fingerprint density at radius 1 is 0.742 bits per heavy atom. The first-order valence-electron chi connectivity index (χ1n) is 30.0. The van der Waals surface area contributed by atoms with Crippen molar-refractivity contribution in [2.45, 2.75) is 158 Å². The van der Waals surface area contributed by atoms with Crippen LogP contribution in [-0.2, 0) is 81.5 Å². The second kappa shape index (κ2) is 35.3. The number of urea groups is 1. The number of hydrogen-bond acceptors (Lipinski definition) is 18. The van der Waals surface area contributed by atoms with Crippen molar-refractivity contribution >= 4 is 87.8 Å². The fourth-order valence-corrected chi connectivity index (χ4v) is 11.9. The fourth-order valence-electron chi connectivity index (χ4n) is 10.3. The molecule has 2 bridgehead atoms. The normalized spacial score (nSPS) is 24.5. The van der Waals surface area contributed by atoms with E-state index in [0.717, 1.165) is 25.0 Å². The van der Waals surface area contributed by atoms with Gasteiger partial charge in [0.2, 0.25) is 59.1 Å². The third kappa shape index (κ3) is 22.3. The minimum absolute atomic E-state index is 0.0202. The number of aliphatic hydroxyl groups excluding tert-OH is 1. The van der Waals surface area contributed by atoms with E-state index in [-0.39, 0.29) is 88.6 Å². The molecule has 89 heavy (non-hydrogen) atoms. The number of aromatic nitrogens is 4. The van der Waals surface area contributed by atoms with Crippen molar-refractivity contribution in [3.8, 4) is 0 Å². The number of hydrogen-bond donors (Lipinski definition) is 14. The quantitative estimate of drug-likeness (QED) is 0.0292. The summed E-state index contributed by atoms with van der Waals surface area (Å²) in [4.78, 5) is 150. The maximum absolute atomic E-state index is 14.6. The van der Waals surface area contributed by atoms with Gasteiger partial charge in [0.1, 0.15) is 48.9 Å². The van der Waals surface area contributed by atoms with E-state index < -0.39 is 127 Å². The molecule has 32 heteroatoms. The Bertz CT molecular complexity index is 2930. The molecule has 12 amide bonds. The van der Waals surface area contributed by atoms with Gasteiger partial charge in [-0.1, -0.05) is 57.5 Å². The third-order valence-electron chi connectivity index (χ3n) is 15.1. The highest BCUT2D eigenvalue weighted by molar-refractivity contribution is 8.00. The summed E-state index contributed by atoms with van der Waals surface area (Å²) in [5.41, 5.74) is 12.7. The lowest BCUT2D eigenvalue weighted by Crippen LogP contribution is -2.62. The zero-order valence-corrected chi connectivity index (χ0v) is 51.4. The third-order valence-corrected chi connectivity index (χ3v) is 16.7. The monoisotopic (exact) mass is 1270 g/mol. The molecule has 0 unspecified atom stereocenters. The summed E-state index contributed by atoms with van der Waals surface area (Å²) in [6, 6.07) is -2.90. The number of ether oxygens (including phenoxy) is 3. The Balaban J connectivity index is 1.10. The van der Waals surface area contributed by atoms with Crippen LogP contribution in [0, 0.1) is 11.8 Å². The number of amides is 12. The molecule has 3 aliphatic rings. The van der Waals surface area contributed by atoms with Crippen LogP contribution in [0.3, 0.4) is 0 Å². The number of benzene rings is 1. The Morgan fingerprint density at radius 3 is 2.09 bits per heavy atom. The van der Waals surface area contributed by atoms with E-state index in [1.165, 1.54) is 10.9 Å². The molecule has 0 aliphatic carbocycles. The van der Waals surface area contributed by atoms with Gasteiger partial charge in [0.15, 0.2) is 0 Å². The molecular formula is C57H86N16O15S. The number of para-hydroxylation sites is 1. The van der Waals surface area contributed by atoms with E-state index in [1.807, 2.05) is 11.8 Å². The molecule has 6 rings (SSSR count). The van der Waals surface area contributed by atoms with E-state index in [9.17, 15) is 57.8 Å². The molecule has 3 aromatic rings. The van der Waals surface area contributed by atoms with Crippen LogP contribution >= 0.6 is 11.8 Å². The van der Waals surface area contributed by atoms with Gasteiger partial charge < -0.3 is 88.9 Å². The van der Waals surface area contributed by atoms with Gasteiger partial charge in [0, 0.05) is 66.7 Å². The van der Waals surface area contributed by atoms with Crippen LogP contribution in [0.25, 0.3) is 10.9 Å². The van der Waals surface area contributed by atoms with Gasteiger partial charge in [0.05, 0.1) is 63.8 Å². The Morgan fingerprint density at radius 2 is 1.39 bits per heavy atom. The number of nitrogens with zero attached hydrogens (tertiary/aromatic N) is 3. The fraction of sp³-hybridized carbons (Fsp3) is 0.632. The molecule has 1 aromatic carbocycles. The minimum Gasteiger partial charge on any atom is -0.394 e. The van der Waals surface area contributed by atoms with Crippen molar-refractivity contribution in [3.63, 3.8) is 0 Å². The maximum Gasteiger partial charge on any atom is 0.315 e. The molecule has 2 fully saturated rings. The summed E-state index contributed by atoms with van der Waals surface area (Å²) < 4.78 is 18.2. The molecule has 490 valence electrons. The second-order valence-corrected chi connectivity index (χ2v) is 24.1. The number of unbranched alkanes of at least 4 members (excludes halogenated alkanes) is 1. The van der Waals surface area contributed by atoms with E-state index in [0.29, 0.717) is 47.5 Å². The summed E-state index contributed by atoms with van der Waals surface area (Å²) in [6.07, 6.45) is 5.73. The average molecular weight is 1270 g/mol. The van der Waals surface area contributed by atoms with Crippen LogP contribution in [0.4, 0.5) is 4.79 Å². The number of fused-ring (bicyclic) bond motifs is 4. The molecule has 3 aliphatic heterocycles. The summed E-state index contributed by atoms with van der Waals surface area (Å²) in [5.74, 6) is -8.70. The zero-order chi connectivity index (χ0) is 64.6. The summed E-state index contributed by atoms with van der Waals surface area (Å²) >= 11 is 1.84. The molecule has 31 nitrogen and oxygen atoms in total. The highest BCUT2D eigenvalue weighted by Gasteiger charge is 2.43. The number of H-pyrrole nitrogens is 1. The van der Waals surface area contributed by atoms with Gasteiger partial charge in [-0.2, -0.15) is 11.8 Å². The SMILES string of the molecule is CC(C)[C@H]1NC(=O)[C@@H](CC(N)=O)NC(=O)[C@@H](C(C)C)NC(=O)[C@@H](CO)NC(=O)[C@@H](Cc2c[nH]c3ccccc23)NC(=O)[C@@H](NC(=O)COCCOCCOCCNC(=O)CCCC[C@H]2SC[C@H]3NC(=O)N[C@H]32)Cc2cn(nn2)CCCC[C@@H](C(N)=O)NC1=O. The molecule has 0 radical (unpaired) electrons.